The summed E-state index contributed by atoms with van der Waals surface area (Å²) in [7, 11) is 1.65. The van der Waals surface area contributed by atoms with Crippen LogP contribution in [-0.2, 0) is 20.8 Å². The van der Waals surface area contributed by atoms with Crippen LogP contribution in [0.1, 0.15) is 19.4 Å². The number of hydrogen-bond acceptors (Lipinski definition) is 4. The third-order valence-electron chi connectivity index (χ3n) is 3.23. The van der Waals surface area contributed by atoms with Gasteiger partial charge in [0, 0.05) is 0 Å². The first kappa shape index (κ1) is 15.0. The fourth-order valence-corrected chi connectivity index (χ4v) is 2.12. The van der Waals surface area contributed by atoms with Crippen molar-refractivity contribution in [3.63, 3.8) is 0 Å². The predicted molar refractivity (Wildman–Crippen MR) is 76.7 cm³/mol. The summed E-state index contributed by atoms with van der Waals surface area (Å²) in [6.07, 6.45) is 1.47. The van der Waals surface area contributed by atoms with Crippen molar-refractivity contribution in [3.8, 4) is 5.75 Å². The maximum Gasteiger partial charge on any atom is 0.163 e. The monoisotopic (exact) mass is 278 g/mol. The van der Waals surface area contributed by atoms with Crippen molar-refractivity contribution in [2.45, 2.75) is 38.4 Å². The summed E-state index contributed by atoms with van der Waals surface area (Å²) >= 11 is 0. The lowest BCUT2D eigenvalue weighted by atomic mass is 10.2. The highest BCUT2D eigenvalue weighted by Gasteiger charge is 2.36. The summed E-state index contributed by atoms with van der Waals surface area (Å²) in [4.78, 5) is 0. The van der Waals surface area contributed by atoms with E-state index in [1.165, 1.54) is 0 Å². The molecular weight excluding hydrogens is 256 g/mol. The maximum absolute atomic E-state index is 5.86. The quantitative estimate of drug-likeness (QED) is 0.750. The summed E-state index contributed by atoms with van der Waals surface area (Å²) in [6.45, 7) is 8.63. The molecule has 0 saturated carbocycles. The van der Waals surface area contributed by atoms with E-state index in [-0.39, 0.29) is 12.2 Å². The van der Waals surface area contributed by atoms with Crippen molar-refractivity contribution in [2.24, 2.45) is 0 Å². The topological polar surface area (TPSA) is 36.9 Å². The Kier molecular flexibility index (Phi) is 4.81. The first-order chi connectivity index (χ1) is 9.54. The largest absolute Gasteiger partial charge is 0.497 e. The fourth-order valence-electron chi connectivity index (χ4n) is 2.12. The molecule has 0 amide bonds. The van der Waals surface area contributed by atoms with Crippen LogP contribution in [0.15, 0.2) is 36.9 Å². The summed E-state index contributed by atoms with van der Waals surface area (Å²) in [6, 6.07) is 7.80. The van der Waals surface area contributed by atoms with Crippen molar-refractivity contribution in [2.75, 3.05) is 13.7 Å². The Labute approximate surface area is 120 Å². The average molecular weight is 278 g/mol. The molecular formula is C16H22O4. The van der Waals surface area contributed by atoms with Crippen LogP contribution in [0.2, 0.25) is 0 Å². The van der Waals surface area contributed by atoms with Crippen LogP contribution in [0.25, 0.3) is 0 Å². The van der Waals surface area contributed by atoms with E-state index in [4.69, 9.17) is 18.9 Å². The van der Waals surface area contributed by atoms with E-state index in [1.54, 1.807) is 13.2 Å². The minimum absolute atomic E-state index is 0.110. The predicted octanol–water partition coefficient (Wildman–Crippen LogP) is 2.92. The molecule has 0 spiro atoms. The zero-order valence-electron chi connectivity index (χ0n) is 12.3. The number of hydrogen-bond donors (Lipinski definition) is 0. The van der Waals surface area contributed by atoms with Gasteiger partial charge in [0.05, 0.1) is 20.3 Å². The van der Waals surface area contributed by atoms with Crippen molar-refractivity contribution in [1.82, 2.24) is 0 Å². The number of benzene rings is 1. The molecule has 20 heavy (non-hydrogen) atoms. The molecule has 0 bridgehead atoms. The number of ether oxygens (including phenoxy) is 4. The third kappa shape index (κ3) is 3.82. The van der Waals surface area contributed by atoms with Crippen molar-refractivity contribution in [3.05, 3.63) is 42.5 Å². The Balaban J connectivity index is 1.89. The molecule has 0 unspecified atom stereocenters. The van der Waals surface area contributed by atoms with Gasteiger partial charge in [0.1, 0.15) is 18.0 Å². The molecule has 110 valence electrons. The van der Waals surface area contributed by atoms with E-state index in [0.717, 1.165) is 11.3 Å². The van der Waals surface area contributed by atoms with Crippen molar-refractivity contribution < 1.29 is 18.9 Å². The second kappa shape index (κ2) is 6.39. The summed E-state index contributed by atoms with van der Waals surface area (Å²) in [5, 5.41) is 0. The second-order valence-electron chi connectivity index (χ2n) is 5.23. The van der Waals surface area contributed by atoms with Crippen molar-refractivity contribution in [1.29, 1.82) is 0 Å². The van der Waals surface area contributed by atoms with Gasteiger partial charge in [0.25, 0.3) is 0 Å². The Morgan fingerprint density at radius 2 is 2.10 bits per heavy atom. The summed E-state index contributed by atoms with van der Waals surface area (Å²) < 4.78 is 22.3. The second-order valence-corrected chi connectivity index (χ2v) is 5.23. The van der Waals surface area contributed by atoms with E-state index in [0.29, 0.717) is 13.2 Å². The first-order valence-electron chi connectivity index (χ1n) is 6.73. The van der Waals surface area contributed by atoms with Gasteiger partial charge in [-0.3, -0.25) is 0 Å². The zero-order valence-corrected chi connectivity index (χ0v) is 12.3. The Morgan fingerprint density at radius 1 is 1.40 bits per heavy atom. The van der Waals surface area contributed by atoms with Gasteiger partial charge in [-0.05, 0) is 31.5 Å². The normalized spacial score (nSPS) is 22.4. The Bertz CT molecular complexity index is 438. The van der Waals surface area contributed by atoms with E-state index in [9.17, 15) is 0 Å². The van der Waals surface area contributed by atoms with Gasteiger partial charge >= 0.3 is 0 Å². The lowest BCUT2D eigenvalue weighted by Gasteiger charge is -2.22. The Morgan fingerprint density at radius 3 is 2.60 bits per heavy atom. The smallest absolute Gasteiger partial charge is 0.163 e. The zero-order chi connectivity index (χ0) is 14.6. The minimum Gasteiger partial charge on any atom is -0.497 e. The molecule has 2 atom stereocenters. The molecule has 1 heterocycles. The van der Waals surface area contributed by atoms with Crippen LogP contribution in [0.3, 0.4) is 0 Å². The molecule has 1 aromatic carbocycles. The van der Waals surface area contributed by atoms with Crippen LogP contribution in [-0.4, -0.2) is 31.7 Å². The molecule has 0 aliphatic carbocycles. The van der Waals surface area contributed by atoms with Gasteiger partial charge in [-0.15, -0.1) is 6.58 Å². The van der Waals surface area contributed by atoms with Gasteiger partial charge in [0.15, 0.2) is 5.79 Å². The Hall–Kier alpha value is -1.36. The average Bonchev–Trinajstić information content (AvgIpc) is 2.80. The highest BCUT2D eigenvalue weighted by molar-refractivity contribution is 5.26. The molecule has 2 rings (SSSR count). The lowest BCUT2D eigenvalue weighted by molar-refractivity contribution is -0.152. The molecule has 1 aliphatic heterocycles. The lowest BCUT2D eigenvalue weighted by Crippen LogP contribution is -2.31. The summed E-state index contributed by atoms with van der Waals surface area (Å²) in [5.74, 6) is 0.290. The van der Waals surface area contributed by atoms with E-state index in [1.807, 2.05) is 38.1 Å². The molecule has 4 heteroatoms. The molecule has 4 nitrogen and oxygen atoms in total. The first-order valence-corrected chi connectivity index (χ1v) is 6.73. The van der Waals surface area contributed by atoms with Gasteiger partial charge in [0.2, 0.25) is 0 Å². The molecule has 0 N–H and O–H groups in total. The van der Waals surface area contributed by atoms with Gasteiger partial charge < -0.3 is 18.9 Å². The molecule has 1 saturated heterocycles. The van der Waals surface area contributed by atoms with Crippen LogP contribution in [0.5, 0.6) is 5.75 Å². The highest BCUT2D eigenvalue weighted by atomic mass is 16.7. The number of methoxy groups -OCH3 is 1. The van der Waals surface area contributed by atoms with Gasteiger partial charge in [-0.25, -0.2) is 0 Å². The van der Waals surface area contributed by atoms with Crippen molar-refractivity contribution >= 4 is 0 Å². The maximum atomic E-state index is 5.86. The standard InChI is InChI=1S/C16H22O4/c1-5-14(15-11-19-16(2,3)20-15)18-10-12-6-8-13(17-4)9-7-12/h5-9,14-15H,1,10-11H2,2-4H3/t14-,15-/m0/s1. The van der Waals surface area contributed by atoms with E-state index < -0.39 is 5.79 Å². The molecule has 1 aliphatic rings. The minimum atomic E-state index is -0.546. The van der Waals surface area contributed by atoms with Gasteiger partial charge in [-0.1, -0.05) is 18.2 Å². The molecule has 1 aromatic rings. The highest BCUT2D eigenvalue weighted by Crippen LogP contribution is 2.26. The number of rotatable bonds is 6. The third-order valence-corrected chi connectivity index (χ3v) is 3.23. The van der Waals surface area contributed by atoms with Crippen LogP contribution in [0.4, 0.5) is 0 Å². The van der Waals surface area contributed by atoms with Gasteiger partial charge in [-0.2, -0.15) is 0 Å². The van der Waals surface area contributed by atoms with Crippen LogP contribution < -0.4 is 4.74 Å². The molecule has 1 fully saturated rings. The molecule has 0 radical (unpaired) electrons. The van der Waals surface area contributed by atoms with E-state index >= 15 is 0 Å². The summed E-state index contributed by atoms with van der Waals surface area (Å²) in [5.41, 5.74) is 1.08. The molecule has 0 aromatic heterocycles. The van der Waals surface area contributed by atoms with Crippen LogP contribution >= 0.6 is 0 Å². The fraction of sp³-hybridized carbons (Fsp3) is 0.500. The van der Waals surface area contributed by atoms with Crippen LogP contribution in [0, 0.1) is 0 Å². The van der Waals surface area contributed by atoms with E-state index in [2.05, 4.69) is 6.58 Å². The SMILES string of the molecule is C=C[C@H](OCc1ccc(OC)cc1)[C@@H]1COC(C)(C)O1.